The Bertz CT molecular complexity index is 663. The lowest BCUT2D eigenvalue weighted by molar-refractivity contribution is -0.136. The molecule has 0 aliphatic carbocycles. The molecule has 0 radical (unpaired) electrons. The Balaban J connectivity index is 1.55. The number of hydrogen-bond acceptors (Lipinski definition) is 4. The molecule has 1 atom stereocenters. The third kappa shape index (κ3) is 3.58. The summed E-state index contributed by atoms with van der Waals surface area (Å²) >= 11 is 0. The minimum absolute atomic E-state index is 0.122. The molecule has 6 heteroatoms. The maximum absolute atomic E-state index is 12.6. The van der Waals surface area contributed by atoms with E-state index in [9.17, 15) is 4.79 Å². The molecule has 128 valence electrons. The summed E-state index contributed by atoms with van der Waals surface area (Å²) in [4.78, 5) is 18.4. The van der Waals surface area contributed by atoms with Crippen LogP contribution in [-0.2, 0) is 11.2 Å². The molecule has 1 aliphatic rings. The summed E-state index contributed by atoms with van der Waals surface area (Å²) in [6.45, 7) is 3.48. The highest BCUT2D eigenvalue weighted by Crippen LogP contribution is 2.27. The van der Waals surface area contributed by atoms with Crippen molar-refractivity contribution >= 4 is 5.91 Å². The number of ether oxygens (including phenoxy) is 1. The van der Waals surface area contributed by atoms with Crippen LogP contribution in [0.1, 0.15) is 31.4 Å². The van der Waals surface area contributed by atoms with Gasteiger partial charge in [0.1, 0.15) is 24.4 Å². The van der Waals surface area contributed by atoms with Crippen molar-refractivity contribution < 1.29 is 9.53 Å². The van der Waals surface area contributed by atoms with Crippen LogP contribution >= 0.6 is 0 Å². The summed E-state index contributed by atoms with van der Waals surface area (Å²) in [6.07, 6.45) is 6.10. The van der Waals surface area contributed by atoms with Crippen LogP contribution in [0.2, 0.25) is 0 Å². The Morgan fingerprint density at radius 1 is 1.33 bits per heavy atom. The van der Waals surface area contributed by atoms with Gasteiger partial charge in [0.05, 0.1) is 7.11 Å². The fourth-order valence-corrected chi connectivity index (χ4v) is 3.33. The monoisotopic (exact) mass is 328 g/mol. The van der Waals surface area contributed by atoms with Gasteiger partial charge in [-0.1, -0.05) is 18.2 Å². The summed E-state index contributed by atoms with van der Waals surface area (Å²) in [5.41, 5.74) is 1.25. The SMILES string of the molecule is COc1ccccc1CC1CCN(C(=O)[C@H](C)n2cncn2)CC1. The first-order valence-electron chi connectivity index (χ1n) is 8.44. The van der Waals surface area contributed by atoms with Crippen LogP contribution in [-0.4, -0.2) is 45.8 Å². The number of benzene rings is 1. The zero-order valence-corrected chi connectivity index (χ0v) is 14.3. The van der Waals surface area contributed by atoms with Gasteiger partial charge in [-0.15, -0.1) is 0 Å². The number of rotatable bonds is 5. The minimum atomic E-state index is -0.293. The van der Waals surface area contributed by atoms with E-state index in [2.05, 4.69) is 22.2 Å². The zero-order valence-electron chi connectivity index (χ0n) is 14.3. The van der Waals surface area contributed by atoms with Gasteiger partial charge in [-0.05, 0) is 43.7 Å². The van der Waals surface area contributed by atoms with Crippen LogP contribution in [0.15, 0.2) is 36.9 Å². The molecule has 0 bridgehead atoms. The van der Waals surface area contributed by atoms with Gasteiger partial charge in [0, 0.05) is 13.1 Å². The van der Waals surface area contributed by atoms with Crippen LogP contribution in [0.3, 0.4) is 0 Å². The summed E-state index contributed by atoms with van der Waals surface area (Å²) < 4.78 is 7.05. The lowest BCUT2D eigenvalue weighted by atomic mass is 9.89. The van der Waals surface area contributed by atoms with Crippen molar-refractivity contribution in [1.29, 1.82) is 0 Å². The van der Waals surface area contributed by atoms with Gasteiger partial charge in [0.15, 0.2) is 0 Å². The molecule has 6 nitrogen and oxygen atoms in total. The van der Waals surface area contributed by atoms with Crippen molar-refractivity contribution in [3.8, 4) is 5.75 Å². The molecule has 2 heterocycles. The highest BCUT2D eigenvalue weighted by Gasteiger charge is 2.27. The van der Waals surface area contributed by atoms with Crippen molar-refractivity contribution in [3.63, 3.8) is 0 Å². The quantitative estimate of drug-likeness (QED) is 0.845. The predicted molar refractivity (Wildman–Crippen MR) is 90.7 cm³/mol. The maximum atomic E-state index is 12.6. The van der Waals surface area contributed by atoms with Gasteiger partial charge in [0.2, 0.25) is 5.91 Å². The molecule has 2 aromatic rings. The van der Waals surface area contributed by atoms with E-state index < -0.39 is 0 Å². The molecule has 24 heavy (non-hydrogen) atoms. The van der Waals surface area contributed by atoms with E-state index in [1.165, 1.54) is 11.9 Å². The minimum Gasteiger partial charge on any atom is -0.496 e. The molecule has 1 amide bonds. The van der Waals surface area contributed by atoms with Gasteiger partial charge in [0.25, 0.3) is 0 Å². The largest absolute Gasteiger partial charge is 0.496 e. The summed E-state index contributed by atoms with van der Waals surface area (Å²) in [5.74, 6) is 1.67. The van der Waals surface area contributed by atoms with E-state index in [0.717, 1.165) is 38.1 Å². The molecule has 1 aromatic carbocycles. The number of likely N-dealkylation sites (tertiary alicyclic amines) is 1. The van der Waals surface area contributed by atoms with Gasteiger partial charge in [-0.2, -0.15) is 5.10 Å². The number of piperidine rings is 1. The normalized spacial score (nSPS) is 16.8. The predicted octanol–water partition coefficient (Wildman–Crippen LogP) is 2.33. The van der Waals surface area contributed by atoms with E-state index in [0.29, 0.717) is 5.92 Å². The summed E-state index contributed by atoms with van der Waals surface area (Å²) in [5, 5.41) is 4.07. The van der Waals surface area contributed by atoms with Crippen molar-refractivity contribution in [3.05, 3.63) is 42.5 Å². The fraction of sp³-hybridized carbons (Fsp3) is 0.500. The summed E-state index contributed by atoms with van der Waals surface area (Å²) in [7, 11) is 1.71. The van der Waals surface area contributed by atoms with Crippen molar-refractivity contribution in [2.45, 2.75) is 32.2 Å². The second kappa shape index (κ2) is 7.47. The molecule has 0 saturated carbocycles. The first-order chi connectivity index (χ1) is 11.7. The van der Waals surface area contributed by atoms with Crippen LogP contribution in [0.25, 0.3) is 0 Å². The Labute approximate surface area is 142 Å². The molecule has 1 aromatic heterocycles. The number of nitrogens with zero attached hydrogens (tertiary/aromatic N) is 4. The van der Waals surface area contributed by atoms with Crippen LogP contribution in [0.5, 0.6) is 5.75 Å². The number of carbonyl (C=O) groups is 1. The number of carbonyl (C=O) groups excluding carboxylic acids is 1. The molecule has 3 rings (SSSR count). The maximum Gasteiger partial charge on any atom is 0.247 e. The van der Waals surface area contributed by atoms with Crippen molar-refractivity contribution in [2.75, 3.05) is 20.2 Å². The molecule has 0 spiro atoms. The number of methoxy groups -OCH3 is 1. The molecule has 0 unspecified atom stereocenters. The van der Waals surface area contributed by atoms with E-state index in [4.69, 9.17) is 4.74 Å². The smallest absolute Gasteiger partial charge is 0.247 e. The Morgan fingerprint density at radius 3 is 2.75 bits per heavy atom. The molecule has 1 fully saturated rings. The highest BCUT2D eigenvalue weighted by molar-refractivity contribution is 5.80. The topological polar surface area (TPSA) is 60.2 Å². The standard InChI is InChI=1S/C18H24N4O2/c1-14(22-13-19-12-20-22)18(23)21-9-7-15(8-10-21)11-16-5-3-4-6-17(16)24-2/h3-6,12-15H,7-11H2,1-2H3/t14-/m0/s1. The average molecular weight is 328 g/mol. The van der Waals surface area contributed by atoms with Crippen molar-refractivity contribution in [1.82, 2.24) is 19.7 Å². The van der Waals surface area contributed by atoms with Gasteiger partial charge in [-0.3, -0.25) is 4.79 Å². The van der Waals surface area contributed by atoms with Crippen LogP contribution < -0.4 is 4.74 Å². The lowest BCUT2D eigenvalue weighted by Gasteiger charge is -2.33. The lowest BCUT2D eigenvalue weighted by Crippen LogP contribution is -2.42. The first kappa shape index (κ1) is 16.5. The van der Waals surface area contributed by atoms with Gasteiger partial charge >= 0.3 is 0 Å². The Hall–Kier alpha value is -2.37. The van der Waals surface area contributed by atoms with E-state index in [-0.39, 0.29) is 11.9 Å². The molecule has 0 N–H and O–H groups in total. The zero-order chi connectivity index (χ0) is 16.9. The van der Waals surface area contributed by atoms with Gasteiger partial charge in [-0.25, -0.2) is 9.67 Å². The third-order valence-electron chi connectivity index (χ3n) is 4.82. The van der Waals surface area contributed by atoms with E-state index >= 15 is 0 Å². The molecular weight excluding hydrogens is 304 g/mol. The van der Waals surface area contributed by atoms with Crippen molar-refractivity contribution in [2.24, 2.45) is 5.92 Å². The Morgan fingerprint density at radius 2 is 2.08 bits per heavy atom. The van der Waals surface area contributed by atoms with Gasteiger partial charge < -0.3 is 9.64 Å². The number of aromatic nitrogens is 3. The molecule has 1 aliphatic heterocycles. The second-order valence-corrected chi connectivity index (χ2v) is 6.34. The summed E-state index contributed by atoms with van der Waals surface area (Å²) in [6, 6.07) is 7.89. The number of amides is 1. The van der Waals surface area contributed by atoms with E-state index in [1.54, 1.807) is 18.1 Å². The van der Waals surface area contributed by atoms with Crippen LogP contribution in [0, 0.1) is 5.92 Å². The fourth-order valence-electron chi connectivity index (χ4n) is 3.33. The number of para-hydroxylation sites is 1. The Kier molecular flexibility index (Phi) is 5.13. The molecular formula is C18H24N4O2. The van der Waals surface area contributed by atoms with E-state index in [1.807, 2.05) is 24.0 Å². The first-order valence-corrected chi connectivity index (χ1v) is 8.44. The highest BCUT2D eigenvalue weighted by atomic mass is 16.5. The third-order valence-corrected chi connectivity index (χ3v) is 4.82. The second-order valence-electron chi connectivity index (χ2n) is 6.34. The number of hydrogen-bond donors (Lipinski definition) is 0. The van der Waals surface area contributed by atoms with Crippen LogP contribution in [0.4, 0.5) is 0 Å². The average Bonchev–Trinajstić information content (AvgIpc) is 3.16. The molecule has 1 saturated heterocycles.